The quantitative estimate of drug-likeness (QED) is 0.225. The Morgan fingerprint density at radius 2 is 1.41 bits per heavy atom. The Kier molecular flexibility index (Phi) is 13.2. The standard InChI is InChI=1S/C21H39NO5/c1-22(2,3)18-21(27,17-20(25)26)19(24)15-13-11-9-7-5-4-6-8-10-12-14-16-23/h13,15,23,27H,4-12,14,16-18H2,1-3H3/t21-/m1/s1. The van der Waals surface area contributed by atoms with Crippen molar-refractivity contribution in [2.75, 3.05) is 34.3 Å². The highest BCUT2D eigenvalue weighted by Crippen LogP contribution is 2.17. The van der Waals surface area contributed by atoms with Gasteiger partial charge < -0.3 is 24.6 Å². The van der Waals surface area contributed by atoms with Gasteiger partial charge in [0.05, 0.1) is 21.1 Å². The fraction of sp³-hybridized carbons (Fsp3) is 0.810. The molecule has 0 saturated carbocycles. The van der Waals surface area contributed by atoms with Gasteiger partial charge in [-0.25, -0.2) is 0 Å². The number of nitrogens with zero attached hydrogens (tertiary/aromatic N) is 1. The Labute approximate surface area is 164 Å². The van der Waals surface area contributed by atoms with Crippen molar-refractivity contribution in [1.29, 1.82) is 0 Å². The first-order valence-corrected chi connectivity index (χ1v) is 10.2. The Bertz CT molecular complexity index is 456. The van der Waals surface area contributed by atoms with Crippen molar-refractivity contribution in [3.8, 4) is 0 Å². The third kappa shape index (κ3) is 14.5. The van der Waals surface area contributed by atoms with E-state index in [0.717, 1.165) is 38.5 Å². The van der Waals surface area contributed by atoms with Gasteiger partial charge in [0.1, 0.15) is 6.54 Å². The molecule has 0 amide bonds. The lowest BCUT2D eigenvalue weighted by molar-refractivity contribution is -0.875. The Hall–Kier alpha value is -1.24. The largest absolute Gasteiger partial charge is 0.550 e. The molecule has 0 heterocycles. The highest BCUT2D eigenvalue weighted by Gasteiger charge is 2.39. The van der Waals surface area contributed by atoms with Gasteiger partial charge >= 0.3 is 0 Å². The van der Waals surface area contributed by atoms with Crippen LogP contribution in [0.4, 0.5) is 0 Å². The summed E-state index contributed by atoms with van der Waals surface area (Å²) in [5.74, 6) is -1.99. The minimum Gasteiger partial charge on any atom is -0.550 e. The number of hydrogen-bond acceptors (Lipinski definition) is 5. The third-order valence-electron chi connectivity index (χ3n) is 4.43. The third-order valence-corrected chi connectivity index (χ3v) is 4.43. The molecule has 0 fully saturated rings. The van der Waals surface area contributed by atoms with Gasteiger partial charge in [-0.3, -0.25) is 4.79 Å². The van der Waals surface area contributed by atoms with Crippen LogP contribution in [0, 0.1) is 0 Å². The number of aliphatic hydroxyl groups excluding tert-OH is 1. The summed E-state index contributed by atoms with van der Waals surface area (Å²) in [5.41, 5.74) is -1.93. The van der Waals surface area contributed by atoms with E-state index in [9.17, 15) is 19.8 Å². The molecule has 0 aromatic heterocycles. The minimum absolute atomic E-state index is 0.0163. The summed E-state index contributed by atoms with van der Waals surface area (Å²) >= 11 is 0. The lowest BCUT2D eigenvalue weighted by atomic mass is 9.92. The summed E-state index contributed by atoms with van der Waals surface area (Å²) in [4.78, 5) is 23.2. The summed E-state index contributed by atoms with van der Waals surface area (Å²) in [5, 5.41) is 30.1. The van der Waals surface area contributed by atoms with E-state index in [1.807, 2.05) is 0 Å². The zero-order valence-electron chi connectivity index (χ0n) is 17.4. The van der Waals surface area contributed by atoms with E-state index in [1.54, 1.807) is 27.2 Å². The van der Waals surface area contributed by atoms with Gasteiger partial charge in [-0.2, -0.15) is 0 Å². The molecule has 0 aliphatic carbocycles. The summed E-state index contributed by atoms with van der Waals surface area (Å²) in [7, 11) is 5.39. The van der Waals surface area contributed by atoms with Crippen molar-refractivity contribution < 1.29 is 29.4 Å². The SMILES string of the molecule is C[N+](C)(C)C[C@](O)(CC(=O)[O-])C(=O)C=CCCCCCCCCCCCO. The van der Waals surface area contributed by atoms with Crippen LogP contribution >= 0.6 is 0 Å². The van der Waals surface area contributed by atoms with Gasteiger partial charge in [-0.05, 0) is 25.3 Å². The molecule has 27 heavy (non-hydrogen) atoms. The molecular weight excluding hydrogens is 346 g/mol. The number of carbonyl (C=O) groups excluding carboxylic acids is 2. The van der Waals surface area contributed by atoms with Crippen LogP contribution in [-0.4, -0.2) is 66.3 Å². The van der Waals surface area contributed by atoms with Gasteiger partial charge in [-0.15, -0.1) is 0 Å². The van der Waals surface area contributed by atoms with Crippen LogP contribution in [0.5, 0.6) is 0 Å². The second-order valence-corrected chi connectivity index (χ2v) is 8.49. The predicted octanol–water partition coefficient (Wildman–Crippen LogP) is 1.58. The van der Waals surface area contributed by atoms with Crippen LogP contribution in [0.3, 0.4) is 0 Å². The molecule has 0 unspecified atom stereocenters. The van der Waals surface area contributed by atoms with Gasteiger partial charge in [0.15, 0.2) is 11.4 Å². The zero-order chi connectivity index (χ0) is 20.8. The Balaban J connectivity index is 4.07. The number of quaternary nitrogens is 1. The van der Waals surface area contributed by atoms with Gasteiger partial charge in [-0.1, -0.05) is 51.0 Å². The molecule has 0 spiro atoms. The number of unbranched alkanes of at least 4 members (excludes halogenated alkanes) is 9. The molecule has 0 bridgehead atoms. The van der Waals surface area contributed by atoms with Crippen LogP contribution < -0.4 is 5.11 Å². The fourth-order valence-electron chi connectivity index (χ4n) is 3.20. The van der Waals surface area contributed by atoms with E-state index >= 15 is 0 Å². The normalized spacial score (nSPS) is 14.4. The highest BCUT2D eigenvalue weighted by molar-refractivity contribution is 5.99. The van der Waals surface area contributed by atoms with Gasteiger partial charge in [0.2, 0.25) is 0 Å². The molecule has 0 radical (unpaired) electrons. The number of carboxylic acid groups (broad SMARTS) is 1. The number of carboxylic acids is 1. The molecule has 6 nitrogen and oxygen atoms in total. The molecule has 0 aromatic rings. The first-order chi connectivity index (χ1) is 12.6. The summed E-state index contributed by atoms with van der Waals surface area (Å²) in [6.45, 7) is 0.304. The summed E-state index contributed by atoms with van der Waals surface area (Å²) in [6, 6.07) is 0. The molecule has 0 aliphatic rings. The number of aliphatic carboxylic acids is 1. The van der Waals surface area contributed by atoms with Gasteiger partial charge in [0, 0.05) is 19.0 Å². The van der Waals surface area contributed by atoms with Crippen molar-refractivity contribution in [3.05, 3.63) is 12.2 Å². The van der Waals surface area contributed by atoms with E-state index in [1.165, 1.54) is 31.8 Å². The first-order valence-electron chi connectivity index (χ1n) is 10.2. The fourth-order valence-corrected chi connectivity index (χ4v) is 3.20. The topological polar surface area (TPSA) is 97.7 Å². The number of hydrogen-bond donors (Lipinski definition) is 2. The van der Waals surface area contributed by atoms with Crippen LogP contribution in [0.2, 0.25) is 0 Å². The molecular formula is C21H39NO5. The Morgan fingerprint density at radius 3 is 1.85 bits per heavy atom. The number of rotatable bonds is 17. The van der Waals surface area contributed by atoms with Crippen molar-refractivity contribution in [3.63, 3.8) is 0 Å². The van der Waals surface area contributed by atoms with Crippen molar-refractivity contribution in [2.24, 2.45) is 0 Å². The van der Waals surface area contributed by atoms with Crippen molar-refractivity contribution in [1.82, 2.24) is 0 Å². The van der Waals surface area contributed by atoms with Crippen molar-refractivity contribution >= 4 is 11.8 Å². The molecule has 0 rings (SSSR count). The average molecular weight is 386 g/mol. The second kappa shape index (κ2) is 13.9. The van der Waals surface area contributed by atoms with Crippen LogP contribution in [0.25, 0.3) is 0 Å². The Morgan fingerprint density at radius 1 is 0.926 bits per heavy atom. The monoisotopic (exact) mass is 385 g/mol. The number of carbonyl (C=O) groups is 2. The number of allylic oxidation sites excluding steroid dienone is 1. The van der Waals surface area contributed by atoms with E-state index in [2.05, 4.69) is 0 Å². The number of ketones is 1. The maximum Gasteiger partial charge on any atom is 0.193 e. The molecule has 0 aromatic carbocycles. The number of likely N-dealkylation sites (N-methyl/N-ethyl adjacent to an activating group) is 1. The van der Waals surface area contributed by atoms with E-state index < -0.39 is 23.8 Å². The highest BCUT2D eigenvalue weighted by atomic mass is 16.4. The van der Waals surface area contributed by atoms with Crippen LogP contribution in [0.1, 0.15) is 70.6 Å². The molecule has 1 atom stereocenters. The van der Waals surface area contributed by atoms with Crippen molar-refractivity contribution in [2.45, 2.75) is 76.2 Å². The molecule has 0 saturated heterocycles. The first kappa shape index (κ1) is 25.8. The van der Waals surface area contributed by atoms with Crippen LogP contribution in [0.15, 0.2) is 12.2 Å². The lowest BCUT2D eigenvalue weighted by Gasteiger charge is -2.34. The maximum atomic E-state index is 12.3. The molecule has 6 heteroatoms. The van der Waals surface area contributed by atoms with Crippen LogP contribution in [-0.2, 0) is 9.59 Å². The second-order valence-electron chi connectivity index (χ2n) is 8.49. The van der Waals surface area contributed by atoms with E-state index in [0.29, 0.717) is 0 Å². The molecule has 0 aliphatic heterocycles. The predicted molar refractivity (Wildman–Crippen MR) is 105 cm³/mol. The molecule has 158 valence electrons. The number of aliphatic hydroxyl groups is 2. The zero-order valence-corrected chi connectivity index (χ0v) is 17.4. The van der Waals surface area contributed by atoms with E-state index in [-0.39, 0.29) is 17.6 Å². The maximum absolute atomic E-state index is 12.3. The smallest absolute Gasteiger partial charge is 0.193 e. The summed E-state index contributed by atoms with van der Waals surface area (Å²) < 4.78 is 0.281. The minimum atomic E-state index is -1.93. The van der Waals surface area contributed by atoms with Gasteiger partial charge in [0.25, 0.3) is 0 Å². The lowest BCUT2D eigenvalue weighted by Crippen LogP contribution is -2.55. The van der Waals surface area contributed by atoms with E-state index in [4.69, 9.17) is 5.11 Å². The molecule has 2 N–H and O–H groups in total. The summed E-state index contributed by atoms with van der Waals surface area (Å²) in [6.07, 6.45) is 13.2. The average Bonchev–Trinajstić information content (AvgIpc) is 2.53.